The molecule has 2 aliphatic rings. The number of nitrogens with zero attached hydrogens (tertiary/aromatic N) is 3. The van der Waals surface area contributed by atoms with E-state index in [1.807, 2.05) is 36.4 Å². The third-order valence-corrected chi connectivity index (χ3v) is 7.67. The maximum Gasteiger partial charge on any atom is 0.266 e. The fourth-order valence-electron chi connectivity index (χ4n) is 5.22. The number of hydrogen-bond acceptors (Lipinski definition) is 5. The summed E-state index contributed by atoms with van der Waals surface area (Å²) in [6.07, 6.45) is 5.14. The fraction of sp³-hybridized carbons (Fsp3) is 0.400. The number of aliphatic imine (C=N–C) groups is 1. The van der Waals surface area contributed by atoms with Gasteiger partial charge in [0.15, 0.2) is 5.17 Å². The molecule has 1 amide bonds. The molecule has 0 atom stereocenters. The van der Waals surface area contributed by atoms with Crippen LogP contribution in [0.1, 0.15) is 57.7 Å². The molecule has 0 aromatic heterocycles. The number of ether oxygens (including phenoxy) is 1. The number of para-hydroxylation sites is 1. The summed E-state index contributed by atoms with van der Waals surface area (Å²) in [5, 5.41) is 0.716. The lowest BCUT2D eigenvalue weighted by molar-refractivity contribution is -0.122. The van der Waals surface area contributed by atoms with E-state index in [0.29, 0.717) is 29.3 Å². The van der Waals surface area contributed by atoms with E-state index >= 15 is 0 Å². The number of rotatable bonds is 7. The van der Waals surface area contributed by atoms with E-state index in [9.17, 15) is 4.79 Å². The SMILES string of the molecule is COCCCN1C(=O)/C(=C/c2cc3c(cc2C)N(C(C)C)C(C)(C)C=C3C)SC1=Nc1ccccc1. The number of hydrogen-bond donors (Lipinski definition) is 0. The van der Waals surface area contributed by atoms with Gasteiger partial charge >= 0.3 is 0 Å². The Labute approximate surface area is 219 Å². The van der Waals surface area contributed by atoms with Crippen molar-refractivity contribution in [1.29, 1.82) is 0 Å². The van der Waals surface area contributed by atoms with Crippen molar-refractivity contribution >= 4 is 45.9 Å². The normalized spacial score (nSPS) is 19.4. The van der Waals surface area contributed by atoms with Gasteiger partial charge in [0.25, 0.3) is 5.91 Å². The van der Waals surface area contributed by atoms with Crippen molar-refractivity contribution in [3.63, 3.8) is 0 Å². The first-order valence-electron chi connectivity index (χ1n) is 12.6. The van der Waals surface area contributed by atoms with Gasteiger partial charge in [-0.3, -0.25) is 9.69 Å². The Morgan fingerprint density at radius 2 is 1.86 bits per heavy atom. The minimum Gasteiger partial charge on any atom is -0.385 e. The first-order chi connectivity index (χ1) is 17.1. The van der Waals surface area contributed by atoms with E-state index in [-0.39, 0.29) is 11.4 Å². The van der Waals surface area contributed by atoms with Crippen LogP contribution >= 0.6 is 11.8 Å². The zero-order valence-electron chi connectivity index (χ0n) is 22.5. The van der Waals surface area contributed by atoms with Crippen LogP contribution in [-0.4, -0.2) is 47.8 Å². The molecular formula is C30H37N3O2S. The van der Waals surface area contributed by atoms with Crippen molar-refractivity contribution in [2.24, 2.45) is 4.99 Å². The zero-order valence-corrected chi connectivity index (χ0v) is 23.3. The van der Waals surface area contributed by atoms with Gasteiger partial charge in [-0.2, -0.15) is 0 Å². The number of allylic oxidation sites excluding steroid dienone is 1. The first kappa shape index (κ1) is 26.2. The summed E-state index contributed by atoms with van der Waals surface area (Å²) in [5.41, 5.74) is 6.76. The smallest absolute Gasteiger partial charge is 0.266 e. The highest BCUT2D eigenvalue weighted by Crippen LogP contribution is 2.42. The lowest BCUT2D eigenvalue weighted by atomic mass is 9.86. The van der Waals surface area contributed by atoms with Crippen LogP contribution in [-0.2, 0) is 9.53 Å². The van der Waals surface area contributed by atoms with E-state index in [4.69, 9.17) is 9.73 Å². The largest absolute Gasteiger partial charge is 0.385 e. The molecule has 1 saturated heterocycles. The predicted octanol–water partition coefficient (Wildman–Crippen LogP) is 7.05. The molecule has 5 nitrogen and oxygen atoms in total. The van der Waals surface area contributed by atoms with Gasteiger partial charge < -0.3 is 9.64 Å². The molecule has 36 heavy (non-hydrogen) atoms. The van der Waals surface area contributed by atoms with Crippen LogP contribution in [0.5, 0.6) is 0 Å². The van der Waals surface area contributed by atoms with Crippen LogP contribution in [0.4, 0.5) is 11.4 Å². The zero-order chi connectivity index (χ0) is 26.0. The topological polar surface area (TPSA) is 45.1 Å². The molecule has 0 spiro atoms. The molecule has 0 saturated carbocycles. The number of aryl methyl sites for hydroxylation is 1. The molecule has 0 radical (unpaired) electrons. The molecule has 0 bridgehead atoms. The Bertz CT molecular complexity index is 1230. The van der Waals surface area contributed by atoms with Crippen LogP contribution in [0, 0.1) is 6.92 Å². The number of amides is 1. The average Bonchev–Trinajstić information content (AvgIpc) is 3.09. The number of benzene rings is 2. The van der Waals surface area contributed by atoms with Crippen molar-refractivity contribution in [1.82, 2.24) is 4.90 Å². The van der Waals surface area contributed by atoms with Crippen LogP contribution in [0.15, 0.2) is 58.4 Å². The summed E-state index contributed by atoms with van der Waals surface area (Å²) in [4.78, 5) is 23.3. The molecule has 2 heterocycles. The maximum absolute atomic E-state index is 13.5. The number of anilines is 1. The molecule has 2 aromatic rings. The van der Waals surface area contributed by atoms with Gasteiger partial charge in [0.05, 0.1) is 16.1 Å². The fourth-order valence-corrected chi connectivity index (χ4v) is 6.24. The van der Waals surface area contributed by atoms with Crippen molar-refractivity contribution in [3.8, 4) is 0 Å². The molecule has 4 rings (SSSR count). The van der Waals surface area contributed by atoms with Crippen LogP contribution in [0.3, 0.4) is 0 Å². The van der Waals surface area contributed by atoms with Gasteiger partial charge in [0, 0.05) is 37.6 Å². The molecule has 2 aromatic carbocycles. The molecule has 190 valence electrons. The second kappa shape index (κ2) is 10.7. The van der Waals surface area contributed by atoms with Gasteiger partial charge in [0.1, 0.15) is 0 Å². The second-order valence-electron chi connectivity index (χ2n) is 10.3. The molecule has 0 unspecified atom stereocenters. The average molecular weight is 504 g/mol. The van der Waals surface area contributed by atoms with Gasteiger partial charge in [0.2, 0.25) is 0 Å². The Morgan fingerprint density at radius 1 is 1.14 bits per heavy atom. The maximum atomic E-state index is 13.5. The summed E-state index contributed by atoms with van der Waals surface area (Å²) in [7, 11) is 1.68. The van der Waals surface area contributed by atoms with Crippen molar-refractivity contribution in [2.75, 3.05) is 25.2 Å². The molecule has 1 fully saturated rings. The van der Waals surface area contributed by atoms with Crippen LogP contribution in [0.25, 0.3) is 11.6 Å². The minimum absolute atomic E-state index is 0.000101. The van der Waals surface area contributed by atoms with E-state index in [1.54, 1.807) is 12.0 Å². The van der Waals surface area contributed by atoms with Crippen molar-refractivity contribution < 1.29 is 9.53 Å². The Kier molecular flexibility index (Phi) is 7.76. The monoisotopic (exact) mass is 503 g/mol. The van der Waals surface area contributed by atoms with Gasteiger partial charge in [-0.15, -0.1) is 0 Å². The lowest BCUT2D eigenvalue weighted by Crippen LogP contribution is -2.49. The highest BCUT2D eigenvalue weighted by Gasteiger charge is 2.35. The van der Waals surface area contributed by atoms with Crippen molar-refractivity contribution in [3.05, 3.63) is 70.1 Å². The molecule has 0 N–H and O–H groups in total. The third kappa shape index (κ3) is 5.30. The van der Waals surface area contributed by atoms with Crippen LogP contribution < -0.4 is 4.90 Å². The lowest BCUT2D eigenvalue weighted by Gasteiger charge is -2.46. The summed E-state index contributed by atoms with van der Waals surface area (Å²) in [6, 6.07) is 14.7. The quantitative estimate of drug-likeness (QED) is 0.300. The number of carbonyl (C=O) groups excluding carboxylic acids is 1. The van der Waals surface area contributed by atoms with Gasteiger partial charge in [-0.1, -0.05) is 24.3 Å². The molecule has 0 aliphatic carbocycles. The summed E-state index contributed by atoms with van der Waals surface area (Å²) < 4.78 is 5.22. The van der Waals surface area contributed by atoms with E-state index in [0.717, 1.165) is 23.2 Å². The number of carbonyl (C=O) groups is 1. The predicted molar refractivity (Wildman–Crippen MR) is 154 cm³/mol. The number of fused-ring (bicyclic) bond motifs is 1. The molecule has 2 aliphatic heterocycles. The first-order valence-corrected chi connectivity index (χ1v) is 13.4. The Morgan fingerprint density at radius 3 is 2.53 bits per heavy atom. The van der Waals surface area contributed by atoms with E-state index < -0.39 is 0 Å². The van der Waals surface area contributed by atoms with E-state index in [2.05, 4.69) is 64.7 Å². The van der Waals surface area contributed by atoms with Gasteiger partial charge in [-0.05, 0) is 107 Å². The number of methoxy groups -OCH3 is 1. The summed E-state index contributed by atoms with van der Waals surface area (Å²) >= 11 is 1.45. The number of amidine groups is 1. The standard InChI is InChI=1S/C30H37N3O2S/c1-20(2)33-26-16-21(3)23(17-25(26)22(4)19-30(33,5)6)18-27-28(34)32(14-11-15-35-7)29(36-27)31-24-12-9-8-10-13-24/h8-10,12-13,16-20H,11,14-15H2,1-7H3/b27-18-,31-29?. The highest BCUT2D eigenvalue weighted by atomic mass is 32.2. The minimum atomic E-state index is -0.0551. The Balaban J connectivity index is 1.73. The summed E-state index contributed by atoms with van der Waals surface area (Å²) in [5.74, 6) is 0.000101. The third-order valence-electron chi connectivity index (χ3n) is 6.66. The summed E-state index contributed by atoms with van der Waals surface area (Å²) in [6.45, 7) is 14.5. The van der Waals surface area contributed by atoms with Gasteiger partial charge in [-0.25, -0.2) is 4.99 Å². The molecular weight excluding hydrogens is 466 g/mol. The highest BCUT2D eigenvalue weighted by molar-refractivity contribution is 8.18. The van der Waals surface area contributed by atoms with Crippen molar-refractivity contribution in [2.45, 2.75) is 59.5 Å². The Hall–Kier alpha value is -2.83. The van der Waals surface area contributed by atoms with E-state index in [1.165, 1.54) is 28.6 Å². The molecule has 6 heteroatoms. The van der Waals surface area contributed by atoms with Crippen LogP contribution in [0.2, 0.25) is 0 Å². The number of thioether (sulfide) groups is 1. The second-order valence-corrected chi connectivity index (χ2v) is 11.3.